The van der Waals surface area contributed by atoms with Gasteiger partial charge in [0, 0.05) is 6.92 Å². The molecule has 0 radical (unpaired) electrons. The highest BCUT2D eigenvalue weighted by atomic mass is 32.2. The highest BCUT2D eigenvalue weighted by molar-refractivity contribution is 7.89. The number of hydrogen-bond donors (Lipinski definition) is 0. The van der Waals surface area contributed by atoms with Gasteiger partial charge < -0.3 is 0 Å². The predicted octanol–water partition coefficient (Wildman–Crippen LogP) is 0.752. The first kappa shape index (κ1) is 11.1. The van der Waals surface area contributed by atoms with Gasteiger partial charge in [-0.05, 0) is 12.1 Å². The van der Waals surface area contributed by atoms with E-state index in [1.807, 2.05) is 24.6 Å². The molecule has 1 aromatic rings. The van der Waals surface area contributed by atoms with Crippen LogP contribution in [-0.4, -0.2) is 43.3 Å². The van der Waals surface area contributed by atoms with E-state index in [0.717, 1.165) is 12.4 Å². The summed E-state index contributed by atoms with van der Waals surface area (Å²) < 4.78 is 27.9. The number of benzene rings is 1. The molecule has 1 heterocycles. The Hall–Kier alpha value is -1.36. The lowest BCUT2D eigenvalue weighted by atomic mass is 10.4. The second-order valence-corrected chi connectivity index (χ2v) is 5.72. The number of rotatable bonds is 2. The first-order valence-electron chi connectivity index (χ1n) is 5.16. The van der Waals surface area contributed by atoms with Gasteiger partial charge in [-0.25, -0.2) is 0 Å². The van der Waals surface area contributed by atoms with Crippen molar-refractivity contribution in [3.05, 3.63) is 30.3 Å². The molecule has 5 heteroatoms. The SMILES string of the molecule is CC1=[N+](C)CCN1S(=O)(=O)c1ccccc1. The maximum absolute atomic E-state index is 12.3. The van der Waals surface area contributed by atoms with Crippen molar-refractivity contribution >= 4 is 15.9 Å². The molecule has 0 unspecified atom stereocenters. The molecule has 1 aliphatic rings. The van der Waals surface area contributed by atoms with E-state index in [9.17, 15) is 8.42 Å². The summed E-state index contributed by atoms with van der Waals surface area (Å²) in [5.41, 5.74) is 0. The fourth-order valence-corrected chi connectivity index (χ4v) is 3.33. The van der Waals surface area contributed by atoms with Crippen LogP contribution in [-0.2, 0) is 10.0 Å². The molecular weight excluding hydrogens is 224 g/mol. The molecule has 0 saturated heterocycles. The van der Waals surface area contributed by atoms with E-state index in [1.165, 1.54) is 4.31 Å². The predicted molar refractivity (Wildman–Crippen MR) is 62.1 cm³/mol. The molecule has 2 rings (SSSR count). The number of amidine groups is 1. The van der Waals surface area contributed by atoms with Gasteiger partial charge >= 0.3 is 10.0 Å². The minimum Gasteiger partial charge on any atom is -0.264 e. The number of likely N-dealkylation sites (N-methyl/N-ethyl adjacent to an activating group) is 1. The minimum absolute atomic E-state index is 0.352. The standard InChI is InChI=1S/C11H15N2O2S/c1-10-12(2)8-9-13(10)16(14,15)11-6-4-3-5-7-11/h3-7H,8-9H2,1-2H3/q+1. The second-order valence-electron chi connectivity index (χ2n) is 3.86. The molecule has 86 valence electrons. The van der Waals surface area contributed by atoms with E-state index in [1.54, 1.807) is 24.3 Å². The highest BCUT2D eigenvalue weighted by Gasteiger charge is 2.37. The summed E-state index contributed by atoms with van der Waals surface area (Å²) in [6.45, 7) is 3.10. The Balaban J connectivity index is 2.43. The third-order valence-electron chi connectivity index (χ3n) is 2.88. The highest BCUT2D eigenvalue weighted by Crippen LogP contribution is 2.17. The largest absolute Gasteiger partial charge is 0.330 e. The van der Waals surface area contributed by atoms with Gasteiger partial charge in [0.05, 0.1) is 7.05 Å². The van der Waals surface area contributed by atoms with E-state index < -0.39 is 10.0 Å². The van der Waals surface area contributed by atoms with Crippen LogP contribution in [0.2, 0.25) is 0 Å². The number of hydrogen-bond acceptors (Lipinski definition) is 2. The lowest BCUT2D eigenvalue weighted by molar-refractivity contribution is -0.486. The van der Waals surface area contributed by atoms with Gasteiger partial charge in [-0.1, -0.05) is 18.2 Å². The van der Waals surface area contributed by atoms with E-state index >= 15 is 0 Å². The molecule has 1 aliphatic heterocycles. The van der Waals surface area contributed by atoms with Crippen LogP contribution in [0, 0.1) is 0 Å². The summed E-state index contributed by atoms with van der Waals surface area (Å²) in [6.07, 6.45) is 0. The molecule has 0 spiro atoms. The van der Waals surface area contributed by atoms with Crippen LogP contribution in [0.5, 0.6) is 0 Å². The third-order valence-corrected chi connectivity index (χ3v) is 4.78. The molecule has 0 fully saturated rings. The lowest BCUT2D eigenvalue weighted by Gasteiger charge is -2.10. The molecule has 0 atom stereocenters. The fraction of sp³-hybridized carbons (Fsp3) is 0.364. The van der Waals surface area contributed by atoms with Gasteiger partial charge in [0.25, 0.3) is 5.84 Å². The molecule has 4 nitrogen and oxygen atoms in total. The summed E-state index contributed by atoms with van der Waals surface area (Å²) in [4.78, 5) is 0.352. The Bertz CT molecular complexity index is 520. The van der Waals surface area contributed by atoms with Crippen molar-refractivity contribution in [3.63, 3.8) is 0 Å². The smallest absolute Gasteiger partial charge is 0.264 e. The van der Waals surface area contributed by atoms with Crippen molar-refractivity contribution in [3.8, 4) is 0 Å². The van der Waals surface area contributed by atoms with Crippen LogP contribution in [0.1, 0.15) is 6.92 Å². The molecule has 0 amide bonds. The summed E-state index contributed by atoms with van der Waals surface area (Å²) in [7, 11) is -1.47. The minimum atomic E-state index is -3.37. The van der Waals surface area contributed by atoms with Crippen molar-refractivity contribution in [2.75, 3.05) is 20.1 Å². The molecule has 0 saturated carbocycles. The zero-order chi connectivity index (χ0) is 11.8. The van der Waals surface area contributed by atoms with E-state index in [2.05, 4.69) is 0 Å². The Morgan fingerprint density at radius 2 is 1.88 bits per heavy atom. The normalized spacial score (nSPS) is 17.0. The van der Waals surface area contributed by atoms with Crippen LogP contribution in [0.25, 0.3) is 0 Å². The molecule has 0 aliphatic carbocycles. The van der Waals surface area contributed by atoms with Crippen molar-refractivity contribution in [2.45, 2.75) is 11.8 Å². The first-order valence-corrected chi connectivity index (χ1v) is 6.60. The van der Waals surface area contributed by atoms with Gasteiger partial charge in [-0.2, -0.15) is 8.42 Å². The third kappa shape index (κ3) is 1.71. The van der Waals surface area contributed by atoms with E-state index in [4.69, 9.17) is 0 Å². The van der Waals surface area contributed by atoms with Crippen LogP contribution in [0.4, 0.5) is 0 Å². The summed E-state index contributed by atoms with van der Waals surface area (Å²) >= 11 is 0. The monoisotopic (exact) mass is 239 g/mol. The van der Waals surface area contributed by atoms with Gasteiger partial charge in [-0.3, -0.25) is 4.58 Å². The number of sulfonamides is 1. The molecular formula is C11H15N2O2S+. The lowest BCUT2D eigenvalue weighted by Crippen LogP contribution is -2.33. The topological polar surface area (TPSA) is 40.4 Å². The maximum atomic E-state index is 12.3. The fourth-order valence-electron chi connectivity index (χ4n) is 1.77. The Morgan fingerprint density at radius 1 is 1.25 bits per heavy atom. The van der Waals surface area contributed by atoms with E-state index in [-0.39, 0.29) is 0 Å². The average Bonchev–Trinajstić information content (AvgIpc) is 2.61. The van der Waals surface area contributed by atoms with Gasteiger partial charge in [0.15, 0.2) is 0 Å². The molecule has 0 bridgehead atoms. The second kappa shape index (κ2) is 3.90. The molecule has 0 aromatic heterocycles. The zero-order valence-electron chi connectivity index (χ0n) is 9.42. The Kier molecular flexibility index (Phi) is 2.71. The van der Waals surface area contributed by atoms with Crippen LogP contribution in [0.3, 0.4) is 0 Å². The van der Waals surface area contributed by atoms with Gasteiger partial charge in [-0.15, -0.1) is 4.31 Å². The van der Waals surface area contributed by atoms with Crippen LogP contribution < -0.4 is 0 Å². The summed E-state index contributed by atoms with van der Waals surface area (Å²) in [5, 5.41) is 0. The van der Waals surface area contributed by atoms with Crippen molar-refractivity contribution in [1.29, 1.82) is 0 Å². The molecule has 0 N–H and O–H groups in total. The van der Waals surface area contributed by atoms with Crippen molar-refractivity contribution in [1.82, 2.24) is 4.31 Å². The maximum Gasteiger partial charge on any atom is 0.330 e. The Labute approximate surface area is 95.9 Å². The van der Waals surface area contributed by atoms with Gasteiger partial charge in [0.2, 0.25) is 0 Å². The van der Waals surface area contributed by atoms with Gasteiger partial charge in [0.1, 0.15) is 18.0 Å². The average molecular weight is 239 g/mol. The van der Waals surface area contributed by atoms with Crippen LogP contribution in [0.15, 0.2) is 35.2 Å². The molecule has 1 aromatic carbocycles. The molecule has 16 heavy (non-hydrogen) atoms. The summed E-state index contributed by atoms with van der Waals surface area (Å²) in [5.74, 6) is 0.781. The van der Waals surface area contributed by atoms with Crippen LogP contribution >= 0.6 is 0 Å². The van der Waals surface area contributed by atoms with Crippen molar-refractivity contribution < 1.29 is 13.0 Å². The number of nitrogens with zero attached hydrogens (tertiary/aromatic N) is 2. The summed E-state index contributed by atoms with van der Waals surface area (Å²) in [6, 6.07) is 8.54. The Morgan fingerprint density at radius 3 is 2.38 bits per heavy atom. The van der Waals surface area contributed by atoms with Crippen molar-refractivity contribution in [2.24, 2.45) is 0 Å². The quantitative estimate of drug-likeness (QED) is 0.715. The van der Waals surface area contributed by atoms with E-state index in [0.29, 0.717) is 11.4 Å². The zero-order valence-corrected chi connectivity index (χ0v) is 10.2. The first-order chi connectivity index (χ1) is 7.53.